The van der Waals surface area contributed by atoms with E-state index in [9.17, 15) is 4.79 Å². The smallest absolute Gasteiger partial charge is 0.225 e. The van der Waals surface area contributed by atoms with Crippen LogP contribution < -0.4 is 0 Å². The van der Waals surface area contributed by atoms with Crippen LogP contribution in [0.5, 0.6) is 0 Å². The number of halogens is 1. The van der Waals surface area contributed by atoms with Crippen LogP contribution in [0.2, 0.25) is 0 Å². The van der Waals surface area contributed by atoms with Crippen LogP contribution >= 0.6 is 11.6 Å². The number of alkyl halides is 1. The van der Waals surface area contributed by atoms with E-state index in [0.717, 1.165) is 57.5 Å². The second kappa shape index (κ2) is 8.79. The molecule has 1 saturated heterocycles. The molecule has 0 saturated carbocycles. The maximum Gasteiger partial charge on any atom is 0.225 e. The molecule has 2 nitrogen and oxygen atoms in total. The van der Waals surface area contributed by atoms with Crippen LogP contribution in [0.15, 0.2) is 0 Å². The van der Waals surface area contributed by atoms with Crippen LogP contribution in [0.3, 0.4) is 0 Å². The van der Waals surface area contributed by atoms with Crippen molar-refractivity contribution in [1.82, 2.24) is 4.90 Å². The number of rotatable bonds is 7. The minimum absolute atomic E-state index is 0.259. The molecule has 18 heavy (non-hydrogen) atoms. The highest BCUT2D eigenvalue weighted by Gasteiger charge is 2.27. The van der Waals surface area contributed by atoms with Gasteiger partial charge in [-0.3, -0.25) is 4.79 Å². The van der Waals surface area contributed by atoms with E-state index in [4.69, 9.17) is 11.6 Å². The summed E-state index contributed by atoms with van der Waals surface area (Å²) in [5.41, 5.74) is 0. The van der Waals surface area contributed by atoms with E-state index in [1.165, 1.54) is 6.42 Å². The molecule has 0 radical (unpaired) electrons. The first-order valence-corrected chi connectivity index (χ1v) is 8.11. The van der Waals surface area contributed by atoms with Crippen molar-refractivity contribution >= 4 is 17.5 Å². The van der Waals surface area contributed by atoms with Crippen molar-refractivity contribution in [3.63, 3.8) is 0 Å². The van der Waals surface area contributed by atoms with Gasteiger partial charge >= 0.3 is 0 Å². The first kappa shape index (κ1) is 15.8. The third-order valence-corrected chi connectivity index (χ3v) is 4.19. The van der Waals surface area contributed by atoms with Gasteiger partial charge in [0.25, 0.3) is 0 Å². The van der Waals surface area contributed by atoms with Gasteiger partial charge < -0.3 is 4.90 Å². The molecule has 1 aliphatic rings. The van der Waals surface area contributed by atoms with Gasteiger partial charge in [0.15, 0.2) is 0 Å². The molecule has 0 aromatic carbocycles. The molecule has 0 aromatic heterocycles. The lowest BCUT2D eigenvalue weighted by atomic mass is 9.92. The van der Waals surface area contributed by atoms with Gasteiger partial charge in [0.05, 0.1) is 0 Å². The molecule has 0 N–H and O–H groups in total. The Labute approximate surface area is 117 Å². The van der Waals surface area contributed by atoms with Gasteiger partial charge in [-0.15, -0.1) is 11.6 Å². The highest BCUT2D eigenvalue weighted by molar-refractivity contribution is 6.17. The molecule has 106 valence electrons. The van der Waals surface area contributed by atoms with E-state index in [-0.39, 0.29) is 5.92 Å². The van der Waals surface area contributed by atoms with Gasteiger partial charge in [0.1, 0.15) is 0 Å². The summed E-state index contributed by atoms with van der Waals surface area (Å²) < 4.78 is 0. The SMILES string of the molecule is CCCC(CCC)C(=O)N1CCCC(CCCl)C1. The van der Waals surface area contributed by atoms with Crippen LogP contribution in [-0.2, 0) is 4.79 Å². The standard InChI is InChI=1S/C15H28ClNO/c1-3-6-14(7-4-2)15(18)17-11-5-8-13(12-17)9-10-16/h13-14H,3-12H2,1-2H3. The molecule has 1 rings (SSSR count). The highest BCUT2D eigenvalue weighted by Crippen LogP contribution is 2.24. The Hall–Kier alpha value is -0.240. The quantitative estimate of drug-likeness (QED) is 0.641. The normalized spacial score (nSPS) is 20.4. The van der Waals surface area contributed by atoms with Crippen LogP contribution in [0.4, 0.5) is 0 Å². The lowest BCUT2D eigenvalue weighted by Crippen LogP contribution is -2.43. The summed E-state index contributed by atoms with van der Waals surface area (Å²) in [4.78, 5) is 14.6. The Morgan fingerprint density at radius 2 is 2.00 bits per heavy atom. The van der Waals surface area contributed by atoms with Crippen molar-refractivity contribution < 1.29 is 4.79 Å². The predicted molar refractivity (Wildman–Crippen MR) is 77.9 cm³/mol. The summed E-state index contributed by atoms with van der Waals surface area (Å²) >= 11 is 5.82. The number of hydrogen-bond acceptors (Lipinski definition) is 1. The van der Waals surface area contributed by atoms with E-state index in [0.29, 0.717) is 11.8 Å². The van der Waals surface area contributed by atoms with E-state index < -0.39 is 0 Å². The molecule has 0 aromatic rings. The summed E-state index contributed by atoms with van der Waals surface area (Å²) in [6, 6.07) is 0. The zero-order valence-corrected chi connectivity index (χ0v) is 12.7. The predicted octanol–water partition coefficient (Wildman–Crippen LogP) is 4.07. The third-order valence-electron chi connectivity index (χ3n) is 3.97. The lowest BCUT2D eigenvalue weighted by Gasteiger charge is -2.35. The summed E-state index contributed by atoms with van der Waals surface area (Å²) in [6.07, 6.45) is 7.75. The van der Waals surface area contributed by atoms with Crippen molar-refractivity contribution in [2.45, 2.75) is 58.8 Å². The van der Waals surface area contributed by atoms with Gasteiger partial charge in [-0.1, -0.05) is 26.7 Å². The van der Waals surface area contributed by atoms with E-state index >= 15 is 0 Å². The Morgan fingerprint density at radius 1 is 1.33 bits per heavy atom. The first-order valence-electron chi connectivity index (χ1n) is 7.57. The molecule has 0 bridgehead atoms. The topological polar surface area (TPSA) is 20.3 Å². The maximum absolute atomic E-state index is 12.5. The first-order chi connectivity index (χ1) is 8.72. The molecule has 1 unspecified atom stereocenters. The Morgan fingerprint density at radius 3 is 2.56 bits per heavy atom. The van der Waals surface area contributed by atoms with E-state index in [1.807, 2.05) is 0 Å². The zero-order chi connectivity index (χ0) is 13.4. The molecular weight excluding hydrogens is 246 g/mol. The molecule has 1 fully saturated rings. The van der Waals surface area contributed by atoms with Crippen molar-refractivity contribution in [2.24, 2.45) is 11.8 Å². The summed E-state index contributed by atoms with van der Waals surface area (Å²) in [5.74, 6) is 2.01. The summed E-state index contributed by atoms with van der Waals surface area (Å²) in [7, 11) is 0. The fraction of sp³-hybridized carbons (Fsp3) is 0.933. The molecule has 1 amide bonds. The molecule has 1 aliphatic heterocycles. The minimum Gasteiger partial charge on any atom is -0.342 e. The largest absolute Gasteiger partial charge is 0.342 e. The molecule has 1 heterocycles. The van der Waals surface area contributed by atoms with Crippen molar-refractivity contribution in [2.75, 3.05) is 19.0 Å². The molecule has 0 aliphatic carbocycles. The van der Waals surface area contributed by atoms with Crippen LogP contribution in [0.25, 0.3) is 0 Å². The average molecular weight is 274 g/mol. The summed E-state index contributed by atoms with van der Waals surface area (Å²) in [5, 5.41) is 0. The monoisotopic (exact) mass is 273 g/mol. The lowest BCUT2D eigenvalue weighted by molar-refractivity contribution is -0.138. The Kier molecular flexibility index (Phi) is 7.73. The second-order valence-electron chi connectivity index (χ2n) is 5.54. The summed E-state index contributed by atoms with van der Waals surface area (Å²) in [6.45, 7) is 6.24. The van der Waals surface area contributed by atoms with Crippen LogP contribution in [-0.4, -0.2) is 29.8 Å². The highest BCUT2D eigenvalue weighted by atomic mass is 35.5. The van der Waals surface area contributed by atoms with Crippen molar-refractivity contribution in [3.05, 3.63) is 0 Å². The van der Waals surface area contributed by atoms with Crippen molar-refractivity contribution in [1.29, 1.82) is 0 Å². The molecule has 1 atom stereocenters. The van der Waals surface area contributed by atoms with Gasteiger partial charge in [-0.2, -0.15) is 0 Å². The van der Waals surface area contributed by atoms with Crippen LogP contribution in [0, 0.1) is 11.8 Å². The molecule has 3 heteroatoms. The minimum atomic E-state index is 0.259. The number of piperidine rings is 1. The number of nitrogens with zero attached hydrogens (tertiary/aromatic N) is 1. The average Bonchev–Trinajstić information content (AvgIpc) is 2.38. The number of hydrogen-bond donors (Lipinski definition) is 0. The van der Waals surface area contributed by atoms with Gasteiger partial charge in [0, 0.05) is 24.9 Å². The van der Waals surface area contributed by atoms with Gasteiger partial charge in [0.2, 0.25) is 5.91 Å². The van der Waals surface area contributed by atoms with E-state index in [1.54, 1.807) is 0 Å². The second-order valence-corrected chi connectivity index (χ2v) is 5.92. The Bertz CT molecular complexity index is 237. The Balaban J connectivity index is 2.52. The third kappa shape index (κ3) is 4.79. The number of amides is 1. The zero-order valence-electron chi connectivity index (χ0n) is 12.0. The van der Waals surface area contributed by atoms with Gasteiger partial charge in [-0.05, 0) is 38.0 Å². The van der Waals surface area contributed by atoms with E-state index in [2.05, 4.69) is 18.7 Å². The fourth-order valence-electron chi connectivity index (χ4n) is 3.00. The molecular formula is C15H28ClNO. The maximum atomic E-state index is 12.5. The number of carbonyl (C=O) groups excluding carboxylic acids is 1. The number of likely N-dealkylation sites (tertiary alicyclic amines) is 1. The molecule has 0 spiro atoms. The van der Waals surface area contributed by atoms with Crippen molar-refractivity contribution in [3.8, 4) is 0 Å². The fourth-order valence-corrected chi connectivity index (χ4v) is 3.31. The van der Waals surface area contributed by atoms with Gasteiger partial charge in [-0.25, -0.2) is 0 Å². The number of carbonyl (C=O) groups is 1. The van der Waals surface area contributed by atoms with Crippen LogP contribution in [0.1, 0.15) is 58.8 Å².